The molecule has 0 aliphatic carbocycles. The molecular weight excluding hydrogens is 470 g/mol. The minimum atomic E-state index is 0.0512. The molecule has 176 valence electrons. The van der Waals surface area contributed by atoms with Gasteiger partial charge in [-0.05, 0) is 63.8 Å². The second-order valence-corrected chi connectivity index (χ2v) is 9.33. The zero-order valence-corrected chi connectivity index (χ0v) is 21.0. The predicted octanol–water partition coefficient (Wildman–Crippen LogP) is 4.65. The number of aromatic nitrogens is 6. The van der Waals surface area contributed by atoms with Crippen molar-refractivity contribution in [1.29, 1.82) is 0 Å². The first-order chi connectivity index (χ1) is 16.3. The van der Waals surface area contributed by atoms with Crippen LogP contribution in [-0.2, 0) is 5.75 Å². The van der Waals surface area contributed by atoms with E-state index in [1.54, 1.807) is 0 Å². The van der Waals surface area contributed by atoms with Crippen molar-refractivity contribution in [2.24, 2.45) is 0 Å². The predicted molar refractivity (Wildman–Crippen MR) is 137 cm³/mol. The third-order valence-corrected chi connectivity index (χ3v) is 6.49. The standard InChI is InChI=1S/C23H26ClN9S/c1-14-7-5-6-8-18(14)26-22-28-19(27-21(25)29-22)13-34-23-31-30-20(15(2)32(3)4)33(23)17-11-9-16(24)10-12-17/h5-12,15H,13H2,1-4H3,(H3,25,26,27,28,29). The average Bonchev–Trinajstić information content (AvgIpc) is 3.22. The van der Waals surface area contributed by atoms with Crippen LogP contribution in [0.2, 0.25) is 5.02 Å². The quantitative estimate of drug-likeness (QED) is 0.337. The average molecular weight is 496 g/mol. The molecule has 0 fully saturated rings. The number of para-hydroxylation sites is 1. The molecule has 0 aliphatic heterocycles. The fourth-order valence-electron chi connectivity index (χ4n) is 3.23. The molecule has 2 heterocycles. The van der Waals surface area contributed by atoms with Crippen molar-refractivity contribution in [3.05, 3.63) is 70.8 Å². The molecule has 2 aromatic heterocycles. The van der Waals surface area contributed by atoms with Crippen LogP contribution in [0, 0.1) is 6.92 Å². The molecule has 11 heteroatoms. The highest BCUT2D eigenvalue weighted by atomic mass is 35.5. The molecule has 0 bridgehead atoms. The molecule has 0 radical (unpaired) electrons. The Hall–Kier alpha value is -3.21. The first-order valence-corrected chi connectivity index (χ1v) is 12.0. The number of aryl methyl sites for hydroxylation is 1. The van der Waals surface area contributed by atoms with Gasteiger partial charge in [0.25, 0.3) is 0 Å². The Morgan fingerprint density at radius 2 is 1.79 bits per heavy atom. The molecule has 9 nitrogen and oxygen atoms in total. The van der Waals surface area contributed by atoms with Crippen LogP contribution in [-0.4, -0.2) is 48.7 Å². The smallest absolute Gasteiger partial charge is 0.232 e. The summed E-state index contributed by atoms with van der Waals surface area (Å²) in [5.41, 5.74) is 8.89. The van der Waals surface area contributed by atoms with Crippen molar-refractivity contribution in [3.8, 4) is 5.69 Å². The number of nitrogens with one attached hydrogen (secondary N) is 1. The summed E-state index contributed by atoms with van der Waals surface area (Å²) >= 11 is 7.59. The lowest BCUT2D eigenvalue weighted by Gasteiger charge is -2.20. The molecule has 1 atom stereocenters. The summed E-state index contributed by atoms with van der Waals surface area (Å²) in [6, 6.07) is 15.6. The number of hydrogen-bond donors (Lipinski definition) is 2. The third-order valence-electron chi connectivity index (χ3n) is 5.31. The number of thioether (sulfide) groups is 1. The lowest BCUT2D eigenvalue weighted by atomic mass is 10.2. The zero-order valence-electron chi connectivity index (χ0n) is 19.4. The Kier molecular flexibility index (Phi) is 7.30. The van der Waals surface area contributed by atoms with Gasteiger partial charge in [0.1, 0.15) is 5.82 Å². The first-order valence-electron chi connectivity index (χ1n) is 10.7. The summed E-state index contributed by atoms with van der Waals surface area (Å²) in [4.78, 5) is 15.2. The van der Waals surface area contributed by atoms with Crippen molar-refractivity contribution in [2.75, 3.05) is 25.1 Å². The molecule has 0 saturated carbocycles. The number of nitrogens with zero attached hydrogens (tertiary/aromatic N) is 7. The maximum atomic E-state index is 6.11. The van der Waals surface area contributed by atoms with Gasteiger partial charge in [0.2, 0.25) is 11.9 Å². The molecule has 4 rings (SSSR count). The Labute approximate surface area is 207 Å². The van der Waals surface area contributed by atoms with E-state index in [1.165, 1.54) is 11.8 Å². The molecular formula is C23H26ClN9S. The van der Waals surface area contributed by atoms with Crippen LogP contribution in [0.1, 0.15) is 30.2 Å². The molecule has 3 N–H and O–H groups in total. The Bertz CT molecular complexity index is 1270. The number of anilines is 3. The van der Waals surface area contributed by atoms with E-state index in [9.17, 15) is 0 Å². The molecule has 0 amide bonds. The van der Waals surface area contributed by atoms with E-state index < -0.39 is 0 Å². The highest BCUT2D eigenvalue weighted by molar-refractivity contribution is 7.98. The van der Waals surface area contributed by atoms with Gasteiger partial charge in [-0.1, -0.05) is 41.6 Å². The van der Waals surface area contributed by atoms with Crippen molar-refractivity contribution < 1.29 is 0 Å². The number of benzene rings is 2. The van der Waals surface area contributed by atoms with E-state index in [-0.39, 0.29) is 12.0 Å². The Balaban J connectivity index is 1.61. The van der Waals surface area contributed by atoms with E-state index in [1.807, 2.05) is 74.1 Å². The minimum absolute atomic E-state index is 0.0512. The van der Waals surface area contributed by atoms with Crippen molar-refractivity contribution in [2.45, 2.75) is 30.8 Å². The molecule has 0 spiro atoms. The highest BCUT2D eigenvalue weighted by Gasteiger charge is 2.21. The van der Waals surface area contributed by atoms with Gasteiger partial charge in [0.15, 0.2) is 11.0 Å². The molecule has 0 aliphatic rings. The van der Waals surface area contributed by atoms with Gasteiger partial charge in [-0.2, -0.15) is 15.0 Å². The lowest BCUT2D eigenvalue weighted by molar-refractivity contribution is 0.305. The summed E-state index contributed by atoms with van der Waals surface area (Å²) < 4.78 is 2.03. The van der Waals surface area contributed by atoms with Crippen LogP contribution in [0.15, 0.2) is 53.7 Å². The van der Waals surface area contributed by atoms with Gasteiger partial charge in [-0.15, -0.1) is 10.2 Å². The van der Waals surface area contributed by atoms with Crippen molar-refractivity contribution >= 4 is 40.9 Å². The monoisotopic (exact) mass is 495 g/mol. The van der Waals surface area contributed by atoms with Gasteiger partial charge in [-0.25, -0.2) is 0 Å². The van der Waals surface area contributed by atoms with Crippen LogP contribution in [0.3, 0.4) is 0 Å². The van der Waals surface area contributed by atoms with E-state index in [2.05, 4.69) is 42.3 Å². The fourth-order valence-corrected chi connectivity index (χ4v) is 4.17. The van der Waals surface area contributed by atoms with Crippen LogP contribution >= 0.6 is 23.4 Å². The third kappa shape index (κ3) is 5.46. The van der Waals surface area contributed by atoms with Gasteiger partial charge in [0, 0.05) is 16.4 Å². The summed E-state index contributed by atoms with van der Waals surface area (Å²) in [6.07, 6.45) is 0. The number of nitrogens with two attached hydrogens (primary N) is 1. The minimum Gasteiger partial charge on any atom is -0.368 e. The van der Waals surface area contributed by atoms with Crippen molar-refractivity contribution in [1.82, 2.24) is 34.6 Å². The lowest BCUT2D eigenvalue weighted by Crippen LogP contribution is -2.20. The summed E-state index contributed by atoms with van der Waals surface area (Å²) in [5, 5.41) is 13.5. The molecule has 4 aromatic rings. The van der Waals surface area contributed by atoms with Crippen LogP contribution < -0.4 is 11.1 Å². The largest absolute Gasteiger partial charge is 0.368 e. The summed E-state index contributed by atoms with van der Waals surface area (Å²) in [5.74, 6) is 2.37. The SMILES string of the molecule is Cc1ccccc1Nc1nc(N)nc(CSc2nnc(C(C)N(C)C)n2-c2ccc(Cl)cc2)n1. The van der Waals surface area contributed by atoms with Crippen LogP contribution in [0.25, 0.3) is 5.69 Å². The van der Waals surface area contributed by atoms with Crippen molar-refractivity contribution in [3.63, 3.8) is 0 Å². The summed E-state index contributed by atoms with van der Waals surface area (Å²) in [7, 11) is 4.02. The normalized spacial score (nSPS) is 12.2. The molecule has 2 aromatic carbocycles. The van der Waals surface area contributed by atoms with E-state index in [0.717, 1.165) is 27.9 Å². The number of halogens is 1. The molecule has 1 unspecified atom stereocenters. The number of hydrogen-bond acceptors (Lipinski definition) is 9. The Morgan fingerprint density at radius 1 is 1.06 bits per heavy atom. The molecule has 34 heavy (non-hydrogen) atoms. The van der Waals surface area contributed by atoms with Crippen LogP contribution in [0.4, 0.5) is 17.6 Å². The Morgan fingerprint density at radius 3 is 2.50 bits per heavy atom. The van der Waals surface area contributed by atoms with Gasteiger partial charge >= 0.3 is 0 Å². The van der Waals surface area contributed by atoms with Crippen LogP contribution in [0.5, 0.6) is 0 Å². The second kappa shape index (κ2) is 10.4. The first kappa shape index (κ1) is 23.9. The van der Waals surface area contributed by atoms with Gasteiger partial charge in [-0.3, -0.25) is 9.47 Å². The summed E-state index contributed by atoms with van der Waals surface area (Å²) in [6.45, 7) is 4.10. The zero-order chi connectivity index (χ0) is 24.2. The molecule has 0 saturated heterocycles. The van der Waals surface area contributed by atoms with E-state index in [0.29, 0.717) is 22.5 Å². The number of nitrogen functional groups attached to an aromatic ring is 1. The fraction of sp³-hybridized carbons (Fsp3) is 0.261. The topological polar surface area (TPSA) is 111 Å². The van der Waals surface area contributed by atoms with E-state index >= 15 is 0 Å². The maximum absolute atomic E-state index is 6.11. The second-order valence-electron chi connectivity index (χ2n) is 7.95. The maximum Gasteiger partial charge on any atom is 0.232 e. The number of rotatable bonds is 8. The van der Waals surface area contributed by atoms with Gasteiger partial charge in [0.05, 0.1) is 11.8 Å². The van der Waals surface area contributed by atoms with Gasteiger partial charge < -0.3 is 11.1 Å². The van der Waals surface area contributed by atoms with E-state index in [4.69, 9.17) is 17.3 Å². The highest BCUT2D eigenvalue weighted by Crippen LogP contribution is 2.29.